The van der Waals surface area contributed by atoms with E-state index in [-0.39, 0.29) is 11.3 Å². The lowest BCUT2D eigenvalue weighted by molar-refractivity contribution is 0.192. The first kappa shape index (κ1) is 17.9. The van der Waals surface area contributed by atoms with Crippen molar-refractivity contribution in [2.75, 3.05) is 0 Å². The van der Waals surface area contributed by atoms with Gasteiger partial charge in [-0.2, -0.15) is 0 Å². The summed E-state index contributed by atoms with van der Waals surface area (Å²) in [4.78, 5) is 12.8. The standard InChI is InChI=1S/C21H23N7O/c1-21-4-2-3-15(25-21)7-14(10-21)8-19-23-12-17(26-27-19)16-11-24-20(9-18(16)29)28-6-5-22-13-28/h5-6,8-9,11-13,15,25H,2-4,7,10H2,1H3,(H,24,29)/b14-8+/t15?,21-/m1/s1. The molecule has 2 fully saturated rings. The normalized spacial score (nSPS) is 25.3. The average Bonchev–Trinajstić information content (AvgIpc) is 3.23. The van der Waals surface area contributed by atoms with Gasteiger partial charge in [0.05, 0.1) is 11.8 Å². The van der Waals surface area contributed by atoms with Crippen molar-refractivity contribution in [1.29, 1.82) is 0 Å². The van der Waals surface area contributed by atoms with Crippen LogP contribution in [-0.4, -0.2) is 46.4 Å². The fourth-order valence-corrected chi connectivity index (χ4v) is 4.49. The zero-order valence-electron chi connectivity index (χ0n) is 16.3. The van der Waals surface area contributed by atoms with E-state index >= 15 is 0 Å². The van der Waals surface area contributed by atoms with Crippen LogP contribution in [0.15, 0.2) is 42.8 Å². The van der Waals surface area contributed by atoms with Crippen LogP contribution in [0.2, 0.25) is 0 Å². The highest BCUT2D eigenvalue weighted by Gasteiger charge is 2.36. The van der Waals surface area contributed by atoms with Crippen molar-refractivity contribution in [2.24, 2.45) is 0 Å². The van der Waals surface area contributed by atoms with E-state index in [1.807, 2.05) is 0 Å². The molecule has 2 bridgehead atoms. The Hall–Kier alpha value is -3.13. The number of fused-ring (bicyclic) bond motifs is 2. The van der Waals surface area contributed by atoms with Gasteiger partial charge >= 0.3 is 0 Å². The number of piperidine rings is 2. The fraction of sp³-hybridized carbons (Fsp3) is 0.381. The molecule has 5 heterocycles. The number of aromatic nitrogens is 6. The Bertz CT molecular complexity index is 1050. The van der Waals surface area contributed by atoms with E-state index in [0.717, 1.165) is 12.8 Å². The van der Waals surface area contributed by atoms with Gasteiger partial charge in [-0.15, -0.1) is 10.2 Å². The van der Waals surface area contributed by atoms with Crippen molar-refractivity contribution in [1.82, 2.24) is 35.0 Å². The molecule has 2 atom stereocenters. The largest absolute Gasteiger partial charge is 0.507 e. The molecule has 29 heavy (non-hydrogen) atoms. The van der Waals surface area contributed by atoms with Gasteiger partial charge in [0.15, 0.2) is 5.82 Å². The first-order chi connectivity index (χ1) is 14.1. The molecule has 8 heteroatoms. The first-order valence-corrected chi connectivity index (χ1v) is 9.93. The van der Waals surface area contributed by atoms with Crippen molar-refractivity contribution in [3.63, 3.8) is 0 Å². The van der Waals surface area contributed by atoms with E-state index in [1.54, 1.807) is 41.7 Å². The molecular formula is C21H23N7O. The Balaban J connectivity index is 1.37. The molecule has 0 radical (unpaired) electrons. The third kappa shape index (κ3) is 3.63. The SMILES string of the molecule is C[C@@]12CCCC(C/C(=C\c3ncc(-c4cnc(-n5ccnc5)cc4O)nn3)C1)N2. The minimum atomic E-state index is 0.0741. The second-order valence-electron chi connectivity index (χ2n) is 8.21. The second kappa shape index (κ2) is 7.04. The minimum Gasteiger partial charge on any atom is -0.507 e. The molecule has 5 rings (SSSR count). The van der Waals surface area contributed by atoms with Gasteiger partial charge < -0.3 is 10.4 Å². The van der Waals surface area contributed by atoms with Crippen LogP contribution in [0.1, 0.15) is 44.9 Å². The monoisotopic (exact) mass is 389 g/mol. The fourth-order valence-electron chi connectivity index (χ4n) is 4.49. The lowest BCUT2D eigenvalue weighted by atomic mass is 9.75. The van der Waals surface area contributed by atoms with Crippen molar-refractivity contribution in [3.05, 3.63) is 48.6 Å². The van der Waals surface area contributed by atoms with Gasteiger partial charge in [-0.25, -0.2) is 15.0 Å². The molecule has 2 saturated heterocycles. The highest BCUT2D eigenvalue weighted by molar-refractivity contribution is 5.66. The zero-order chi connectivity index (χ0) is 19.8. The highest BCUT2D eigenvalue weighted by Crippen LogP contribution is 2.37. The summed E-state index contributed by atoms with van der Waals surface area (Å²) in [6.07, 6.45) is 16.1. The number of hydrogen-bond donors (Lipinski definition) is 2. The van der Waals surface area contributed by atoms with Crippen LogP contribution in [0.4, 0.5) is 0 Å². The number of nitrogens with zero attached hydrogens (tertiary/aromatic N) is 6. The number of imidazole rings is 1. The molecule has 0 spiro atoms. The Morgan fingerprint density at radius 1 is 1.28 bits per heavy atom. The smallest absolute Gasteiger partial charge is 0.174 e. The lowest BCUT2D eigenvalue weighted by Crippen LogP contribution is -2.55. The van der Waals surface area contributed by atoms with Gasteiger partial charge in [0.25, 0.3) is 0 Å². The molecule has 1 unspecified atom stereocenters. The van der Waals surface area contributed by atoms with Crippen LogP contribution in [0.5, 0.6) is 5.75 Å². The molecule has 148 valence electrons. The predicted molar refractivity (Wildman–Crippen MR) is 108 cm³/mol. The summed E-state index contributed by atoms with van der Waals surface area (Å²) in [6.45, 7) is 2.30. The number of aromatic hydroxyl groups is 1. The average molecular weight is 389 g/mol. The topological polar surface area (TPSA) is 102 Å². The van der Waals surface area contributed by atoms with Gasteiger partial charge in [-0.3, -0.25) is 4.57 Å². The maximum Gasteiger partial charge on any atom is 0.174 e. The third-order valence-corrected chi connectivity index (χ3v) is 5.78. The minimum absolute atomic E-state index is 0.0741. The van der Waals surface area contributed by atoms with Crippen LogP contribution >= 0.6 is 0 Å². The Morgan fingerprint density at radius 3 is 2.93 bits per heavy atom. The van der Waals surface area contributed by atoms with Crippen LogP contribution in [0, 0.1) is 0 Å². The maximum atomic E-state index is 10.4. The zero-order valence-corrected chi connectivity index (χ0v) is 16.3. The first-order valence-electron chi connectivity index (χ1n) is 9.93. The molecule has 2 N–H and O–H groups in total. The van der Waals surface area contributed by atoms with Gasteiger partial charge in [0, 0.05) is 36.2 Å². The lowest BCUT2D eigenvalue weighted by Gasteiger charge is -2.45. The van der Waals surface area contributed by atoms with E-state index in [4.69, 9.17) is 0 Å². The Morgan fingerprint density at radius 2 is 2.21 bits per heavy atom. The van der Waals surface area contributed by atoms with Gasteiger partial charge in [-0.1, -0.05) is 12.0 Å². The molecule has 3 aromatic rings. The molecule has 2 aliphatic rings. The summed E-state index contributed by atoms with van der Waals surface area (Å²) in [5, 5.41) is 22.7. The summed E-state index contributed by atoms with van der Waals surface area (Å²) in [6, 6.07) is 2.13. The Kier molecular flexibility index (Phi) is 4.35. The quantitative estimate of drug-likeness (QED) is 0.710. The molecule has 0 saturated carbocycles. The highest BCUT2D eigenvalue weighted by atomic mass is 16.3. The summed E-state index contributed by atoms with van der Waals surface area (Å²) in [5.41, 5.74) is 2.55. The number of pyridine rings is 1. The number of nitrogens with one attached hydrogen (secondary N) is 1. The molecule has 0 aromatic carbocycles. The van der Waals surface area contributed by atoms with Crippen LogP contribution in [-0.2, 0) is 0 Å². The van der Waals surface area contributed by atoms with Crippen molar-refractivity contribution in [2.45, 2.75) is 50.6 Å². The summed E-state index contributed by atoms with van der Waals surface area (Å²) in [7, 11) is 0. The summed E-state index contributed by atoms with van der Waals surface area (Å²) >= 11 is 0. The molecule has 0 aliphatic carbocycles. The summed E-state index contributed by atoms with van der Waals surface area (Å²) < 4.78 is 1.72. The number of rotatable bonds is 3. The predicted octanol–water partition coefficient (Wildman–Crippen LogP) is 2.90. The van der Waals surface area contributed by atoms with E-state index < -0.39 is 0 Å². The number of hydrogen-bond acceptors (Lipinski definition) is 7. The van der Waals surface area contributed by atoms with E-state index in [9.17, 15) is 5.11 Å². The molecule has 2 aliphatic heterocycles. The molecule has 8 nitrogen and oxygen atoms in total. The third-order valence-electron chi connectivity index (χ3n) is 5.78. The van der Waals surface area contributed by atoms with E-state index in [0.29, 0.717) is 28.9 Å². The maximum absolute atomic E-state index is 10.4. The molecule has 3 aromatic heterocycles. The van der Waals surface area contributed by atoms with Crippen molar-refractivity contribution in [3.8, 4) is 22.8 Å². The van der Waals surface area contributed by atoms with Crippen molar-refractivity contribution < 1.29 is 5.11 Å². The van der Waals surface area contributed by atoms with Gasteiger partial charge in [0.2, 0.25) is 0 Å². The van der Waals surface area contributed by atoms with Crippen LogP contribution in [0.3, 0.4) is 0 Å². The van der Waals surface area contributed by atoms with Crippen molar-refractivity contribution >= 4 is 6.08 Å². The van der Waals surface area contributed by atoms with Gasteiger partial charge in [0.1, 0.15) is 23.6 Å². The summed E-state index contributed by atoms with van der Waals surface area (Å²) in [5.74, 6) is 1.26. The van der Waals surface area contributed by atoms with Crippen LogP contribution < -0.4 is 5.32 Å². The molecule has 0 amide bonds. The van der Waals surface area contributed by atoms with E-state index in [2.05, 4.69) is 43.5 Å². The molecular weight excluding hydrogens is 366 g/mol. The van der Waals surface area contributed by atoms with Gasteiger partial charge in [-0.05, 0) is 38.7 Å². The van der Waals surface area contributed by atoms with E-state index in [1.165, 1.54) is 24.8 Å². The second-order valence-corrected chi connectivity index (χ2v) is 8.21. The van der Waals surface area contributed by atoms with Crippen LogP contribution in [0.25, 0.3) is 23.2 Å². The Labute approximate surface area is 168 Å².